The molecule has 0 unspecified atom stereocenters. The number of thioether (sulfide) groups is 1. The smallest absolute Gasteiger partial charge is 0.227 e. The van der Waals surface area contributed by atoms with Gasteiger partial charge in [-0.2, -0.15) is 4.98 Å². The number of benzene rings is 1. The van der Waals surface area contributed by atoms with Gasteiger partial charge in [-0.3, -0.25) is 4.79 Å². The van der Waals surface area contributed by atoms with Crippen molar-refractivity contribution in [1.82, 2.24) is 14.8 Å². The number of rotatable bonds is 2. The number of Topliss-reactive ketones (excluding diaryl/α,β-unsaturated/α-hetero) is 1. The van der Waals surface area contributed by atoms with E-state index in [9.17, 15) is 15.0 Å². The van der Waals surface area contributed by atoms with E-state index >= 15 is 0 Å². The summed E-state index contributed by atoms with van der Waals surface area (Å²) in [4.78, 5) is 17.5. The fourth-order valence-corrected chi connectivity index (χ4v) is 4.10. The fourth-order valence-electron chi connectivity index (χ4n) is 3.75. The first kappa shape index (κ1) is 17.0. The lowest BCUT2D eigenvalue weighted by molar-refractivity contribution is -0.125. The third-order valence-electron chi connectivity index (χ3n) is 4.83. The lowest BCUT2D eigenvalue weighted by atomic mass is 9.72. The van der Waals surface area contributed by atoms with Crippen LogP contribution in [0.25, 0.3) is 0 Å². The Balaban J connectivity index is 1.92. The van der Waals surface area contributed by atoms with Crippen molar-refractivity contribution in [2.45, 2.75) is 31.5 Å². The Bertz CT molecular complexity index is 935. The third kappa shape index (κ3) is 2.65. The number of aromatic hydroxyl groups is 2. The SMILES string of the molecule is CSc1nc2n(n1)[C@@H](c1ccc(O)c(O)c1)[C@@H]1C(=O)CC(C)(C)C=C1N2. The summed E-state index contributed by atoms with van der Waals surface area (Å²) in [6, 6.07) is 4.19. The highest BCUT2D eigenvalue weighted by molar-refractivity contribution is 7.98. The number of nitrogens with zero attached hydrogens (tertiary/aromatic N) is 3. The second-order valence-corrected chi connectivity index (χ2v) is 8.17. The Morgan fingerprint density at radius 3 is 2.77 bits per heavy atom. The van der Waals surface area contributed by atoms with Crippen LogP contribution in [0.3, 0.4) is 0 Å². The molecular formula is C18H20N4O3S. The minimum Gasteiger partial charge on any atom is -0.504 e. The van der Waals surface area contributed by atoms with Gasteiger partial charge < -0.3 is 15.5 Å². The standard InChI is InChI=1S/C18H20N4O3S/c1-18(2)7-10-14(13(25)8-18)15(9-4-5-11(23)12(24)6-9)22-16(19-10)20-17(21-22)26-3/h4-7,14-15,23-24H,8H2,1-3H3,(H,19,20,21)/t14-,15-/m0/s1. The molecule has 1 aromatic carbocycles. The number of phenols is 2. The molecule has 0 saturated carbocycles. The Morgan fingerprint density at radius 2 is 2.08 bits per heavy atom. The van der Waals surface area contributed by atoms with Gasteiger partial charge in [-0.1, -0.05) is 37.8 Å². The van der Waals surface area contributed by atoms with E-state index in [1.807, 2.05) is 20.1 Å². The second kappa shape index (κ2) is 5.77. The van der Waals surface area contributed by atoms with E-state index < -0.39 is 12.0 Å². The number of ketones is 1. The first-order valence-corrected chi connectivity index (χ1v) is 9.56. The van der Waals surface area contributed by atoms with Crippen LogP contribution in [0.1, 0.15) is 31.9 Å². The molecular weight excluding hydrogens is 352 g/mol. The number of hydrogen-bond acceptors (Lipinski definition) is 7. The maximum Gasteiger partial charge on any atom is 0.227 e. The van der Waals surface area contributed by atoms with Gasteiger partial charge in [0.05, 0.1) is 12.0 Å². The number of allylic oxidation sites excluding steroid dienone is 2. The summed E-state index contributed by atoms with van der Waals surface area (Å²) in [7, 11) is 0. The summed E-state index contributed by atoms with van der Waals surface area (Å²) in [5.74, 6) is -0.166. The van der Waals surface area contributed by atoms with Gasteiger partial charge in [0, 0.05) is 12.1 Å². The number of hydrogen-bond donors (Lipinski definition) is 3. The normalized spacial score (nSPS) is 23.7. The number of carbonyl (C=O) groups is 1. The first-order valence-electron chi connectivity index (χ1n) is 8.34. The predicted octanol–water partition coefficient (Wildman–Crippen LogP) is 2.93. The topological polar surface area (TPSA) is 100 Å². The number of carbonyl (C=O) groups excluding carboxylic acids is 1. The van der Waals surface area contributed by atoms with Crippen LogP contribution in [-0.4, -0.2) is 37.0 Å². The highest BCUT2D eigenvalue weighted by Gasteiger charge is 2.45. The Morgan fingerprint density at radius 1 is 1.31 bits per heavy atom. The Labute approximate surface area is 155 Å². The molecule has 3 N–H and O–H groups in total. The number of aromatic nitrogens is 3. The van der Waals surface area contributed by atoms with Gasteiger partial charge in [0.15, 0.2) is 11.5 Å². The van der Waals surface area contributed by atoms with E-state index in [-0.39, 0.29) is 22.7 Å². The minimum atomic E-state index is -0.434. The molecule has 1 aromatic heterocycles. The average Bonchev–Trinajstić information content (AvgIpc) is 2.97. The van der Waals surface area contributed by atoms with Crippen molar-refractivity contribution in [2.24, 2.45) is 11.3 Å². The van der Waals surface area contributed by atoms with Crippen LogP contribution in [0, 0.1) is 11.3 Å². The molecule has 26 heavy (non-hydrogen) atoms. The van der Waals surface area contributed by atoms with Crippen LogP contribution >= 0.6 is 11.8 Å². The first-order chi connectivity index (χ1) is 12.3. The van der Waals surface area contributed by atoms with Gasteiger partial charge in [0.1, 0.15) is 5.78 Å². The van der Waals surface area contributed by atoms with E-state index in [1.165, 1.54) is 23.9 Å². The molecule has 0 radical (unpaired) electrons. The highest BCUT2D eigenvalue weighted by atomic mass is 32.2. The largest absolute Gasteiger partial charge is 0.504 e. The molecule has 1 aliphatic carbocycles. The van der Waals surface area contributed by atoms with E-state index in [1.54, 1.807) is 10.7 Å². The number of nitrogens with one attached hydrogen (secondary N) is 1. The second-order valence-electron chi connectivity index (χ2n) is 7.39. The van der Waals surface area contributed by atoms with Crippen LogP contribution in [0.4, 0.5) is 5.95 Å². The number of anilines is 1. The zero-order chi connectivity index (χ0) is 18.6. The van der Waals surface area contributed by atoms with Crippen LogP contribution < -0.4 is 5.32 Å². The maximum atomic E-state index is 13.0. The minimum absolute atomic E-state index is 0.115. The molecule has 1 aliphatic heterocycles. The molecule has 2 heterocycles. The van der Waals surface area contributed by atoms with Gasteiger partial charge in [-0.05, 0) is 29.4 Å². The lowest BCUT2D eigenvalue weighted by Gasteiger charge is -2.40. The predicted molar refractivity (Wildman–Crippen MR) is 98.3 cm³/mol. The van der Waals surface area contributed by atoms with E-state index in [2.05, 4.69) is 21.5 Å². The summed E-state index contributed by atoms with van der Waals surface area (Å²) < 4.78 is 1.70. The molecule has 8 heteroatoms. The van der Waals surface area contributed by atoms with E-state index in [0.717, 1.165) is 5.70 Å². The van der Waals surface area contributed by atoms with Gasteiger partial charge in [0.25, 0.3) is 0 Å². The summed E-state index contributed by atoms with van der Waals surface area (Å²) in [6.45, 7) is 4.06. The summed E-state index contributed by atoms with van der Waals surface area (Å²) in [5.41, 5.74) is 1.28. The van der Waals surface area contributed by atoms with E-state index in [4.69, 9.17) is 0 Å². The van der Waals surface area contributed by atoms with Crippen molar-refractivity contribution < 1.29 is 15.0 Å². The highest BCUT2D eigenvalue weighted by Crippen LogP contribution is 2.46. The van der Waals surface area contributed by atoms with Gasteiger partial charge >= 0.3 is 0 Å². The monoisotopic (exact) mass is 372 g/mol. The van der Waals surface area contributed by atoms with Crippen LogP contribution in [-0.2, 0) is 4.79 Å². The molecule has 0 fully saturated rings. The van der Waals surface area contributed by atoms with Crippen molar-refractivity contribution in [3.8, 4) is 11.5 Å². The molecule has 0 bridgehead atoms. The Kier molecular flexibility index (Phi) is 3.76. The van der Waals surface area contributed by atoms with Crippen LogP contribution in [0.2, 0.25) is 0 Å². The van der Waals surface area contributed by atoms with Crippen LogP contribution in [0.5, 0.6) is 11.5 Å². The summed E-state index contributed by atoms with van der Waals surface area (Å²) >= 11 is 1.42. The zero-order valence-corrected chi connectivity index (χ0v) is 15.5. The molecule has 2 atom stereocenters. The van der Waals surface area contributed by atoms with E-state index in [0.29, 0.717) is 23.1 Å². The maximum absolute atomic E-state index is 13.0. The third-order valence-corrected chi connectivity index (χ3v) is 5.37. The summed E-state index contributed by atoms with van der Waals surface area (Å²) in [5, 5.41) is 28.0. The van der Waals surface area contributed by atoms with Crippen molar-refractivity contribution >= 4 is 23.5 Å². The van der Waals surface area contributed by atoms with Gasteiger partial charge in [-0.25, -0.2) is 4.68 Å². The van der Waals surface area contributed by atoms with Crippen molar-refractivity contribution in [1.29, 1.82) is 0 Å². The molecule has 0 amide bonds. The van der Waals surface area contributed by atoms with Crippen molar-refractivity contribution in [2.75, 3.05) is 11.6 Å². The summed E-state index contributed by atoms with van der Waals surface area (Å²) in [6.07, 6.45) is 4.41. The zero-order valence-electron chi connectivity index (χ0n) is 14.7. The molecule has 2 aromatic rings. The fraction of sp³-hybridized carbons (Fsp3) is 0.389. The Hall–Kier alpha value is -2.48. The molecule has 136 valence electrons. The van der Waals surface area contributed by atoms with Crippen molar-refractivity contribution in [3.63, 3.8) is 0 Å². The molecule has 7 nitrogen and oxygen atoms in total. The van der Waals surface area contributed by atoms with Crippen molar-refractivity contribution in [3.05, 3.63) is 35.5 Å². The molecule has 2 aliphatic rings. The average molecular weight is 372 g/mol. The van der Waals surface area contributed by atoms with Gasteiger partial charge in [0.2, 0.25) is 11.1 Å². The van der Waals surface area contributed by atoms with Gasteiger partial charge in [-0.15, -0.1) is 5.10 Å². The molecule has 0 saturated heterocycles. The quantitative estimate of drug-likeness (QED) is 0.550. The number of fused-ring (bicyclic) bond motifs is 2. The van der Waals surface area contributed by atoms with Crippen LogP contribution in [0.15, 0.2) is 35.1 Å². The number of phenolic OH excluding ortho intramolecular Hbond substituents is 2. The molecule has 4 rings (SSSR count). The lowest BCUT2D eigenvalue weighted by Crippen LogP contribution is -2.42. The molecule has 0 spiro atoms.